The number of carbonyl (C=O) groups excluding carboxylic acids is 1. The molecule has 1 aromatic carbocycles. The zero-order chi connectivity index (χ0) is 17.4. The topological polar surface area (TPSA) is 72.4 Å². The lowest BCUT2D eigenvalue weighted by atomic mass is 10.3. The van der Waals surface area contributed by atoms with E-state index in [-0.39, 0.29) is 17.3 Å². The fourth-order valence-electron chi connectivity index (χ4n) is 2.59. The van der Waals surface area contributed by atoms with E-state index in [1.165, 1.54) is 23.9 Å². The number of fused-ring (bicyclic) bond motifs is 3. The van der Waals surface area contributed by atoms with Crippen LogP contribution in [0.1, 0.15) is 5.76 Å². The molecule has 4 aromatic rings. The Hall–Kier alpha value is -2.87. The predicted octanol–water partition coefficient (Wildman–Crippen LogP) is 3.65. The van der Waals surface area contributed by atoms with E-state index >= 15 is 0 Å². The molecule has 0 spiro atoms. The van der Waals surface area contributed by atoms with Crippen molar-refractivity contribution in [3.8, 4) is 0 Å². The number of anilines is 1. The third-order valence-corrected chi connectivity index (χ3v) is 4.64. The maximum atomic E-state index is 13.6. The van der Waals surface area contributed by atoms with Crippen LogP contribution >= 0.6 is 11.8 Å². The molecule has 25 heavy (non-hydrogen) atoms. The summed E-state index contributed by atoms with van der Waals surface area (Å²) in [5, 5.41) is 11.2. The molecule has 3 heterocycles. The fraction of sp³-hybridized carbons (Fsp3) is 0.118. The van der Waals surface area contributed by atoms with Gasteiger partial charge in [-0.2, -0.15) is 0 Å². The third kappa shape index (κ3) is 2.96. The standard InChI is InChI=1S/C17H13FN4O2S/c1-10-6-13-15(24-10)7-14-17(21-19-9-22(13)14)25-8-16(23)20-12-5-3-2-4-11(12)18/h2-7,9H,8H2,1H3,(H,20,23). The number of thioether (sulfide) groups is 1. The van der Waals surface area contributed by atoms with Crippen molar-refractivity contribution < 1.29 is 13.6 Å². The molecule has 0 unspecified atom stereocenters. The summed E-state index contributed by atoms with van der Waals surface area (Å²) in [6, 6.07) is 9.84. The number of benzene rings is 1. The van der Waals surface area contributed by atoms with Gasteiger partial charge in [0.25, 0.3) is 0 Å². The number of amides is 1. The third-order valence-electron chi connectivity index (χ3n) is 3.67. The Morgan fingerprint density at radius 2 is 2.16 bits per heavy atom. The summed E-state index contributed by atoms with van der Waals surface area (Å²) in [7, 11) is 0. The average molecular weight is 356 g/mol. The Morgan fingerprint density at radius 1 is 1.32 bits per heavy atom. The van der Waals surface area contributed by atoms with Crippen molar-refractivity contribution in [1.82, 2.24) is 14.6 Å². The maximum absolute atomic E-state index is 13.6. The second kappa shape index (κ2) is 6.21. The molecule has 126 valence electrons. The van der Waals surface area contributed by atoms with Crippen LogP contribution < -0.4 is 5.32 Å². The van der Waals surface area contributed by atoms with Crippen molar-refractivity contribution in [1.29, 1.82) is 0 Å². The van der Waals surface area contributed by atoms with Crippen LogP contribution in [-0.4, -0.2) is 26.3 Å². The van der Waals surface area contributed by atoms with Crippen LogP contribution in [0.15, 0.2) is 52.2 Å². The lowest BCUT2D eigenvalue weighted by Crippen LogP contribution is -2.15. The smallest absolute Gasteiger partial charge is 0.234 e. The summed E-state index contributed by atoms with van der Waals surface area (Å²) in [6.07, 6.45) is 1.61. The number of hydrogen-bond donors (Lipinski definition) is 1. The molecule has 0 saturated carbocycles. The summed E-state index contributed by atoms with van der Waals surface area (Å²) in [6.45, 7) is 1.88. The van der Waals surface area contributed by atoms with E-state index < -0.39 is 5.82 Å². The number of halogens is 1. The first kappa shape index (κ1) is 15.6. The molecule has 0 bridgehead atoms. The first-order chi connectivity index (χ1) is 12.1. The monoisotopic (exact) mass is 356 g/mol. The molecular weight excluding hydrogens is 343 g/mol. The Bertz CT molecular complexity index is 1090. The first-order valence-corrected chi connectivity index (χ1v) is 8.50. The summed E-state index contributed by atoms with van der Waals surface area (Å²) in [5.74, 6) is 0.124. The van der Waals surface area contributed by atoms with Gasteiger partial charge in [-0.3, -0.25) is 9.20 Å². The number of furan rings is 1. The Kier molecular flexibility index (Phi) is 3.89. The van der Waals surface area contributed by atoms with E-state index in [0.29, 0.717) is 5.03 Å². The van der Waals surface area contributed by atoms with Crippen LogP contribution in [0.4, 0.5) is 10.1 Å². The fourth-order valence-corrected chi connectivity index (χ4v) is 3.34. The molecule has 1 N–H and O–H groups in total. The minimum atomic E-state index is -0.468. The van der Waals surface area contributed by atoms with E-state index in [2.05, 4.69) is 15.5 Å². The van der Waals surface area contributed by atoms with Crippen molar-refractivity contribution >= 4 is 40.0 Å². The number of aromatic nitrogens is 3. The van der Waals surface area contributed by atoms with Gasteiger partial charge in [0.2, 0.25) is 5.91 Å². The second-order valence-electron chi connectivity index (χ2n) is 5.46. The minimum absolute atomic E-state index is 0.0915. The number of nitrogens with zero attached hydrogens (tertiary/aromatic N) is 3. The van der Waals surface area contributed by atoms with Crippen LogP contribution in [0, 0.1) is 12.7 Å². The van der Waals surface area contributed by atoms with Gasteiger partial charge in [-0.15, -0.1) is 10.2 Å². The molecule has 4 rings (SSSR count). The highest BCUT2D eigenvalue weighted by molar-refractivity contribution is 8.00. The van der Waals surface area contributed by atoms with Crippen molar-refractivity contribution in [2.45, 2.75) is 11.9 Å². The molecule has 0 fully saturated rings. The number of nitrogens with one attached hydrogen (secondary N) is 1. The van der Waals surface area contributed by atoms with E-state index in [4.69, 9.17) is 4.42 Å². The van der Waals surface area contributed by atoms with Gasteiger partial charge in [0.1, 0.15) is 22.9 Å². The van der Waals surface area contributed by atoms with Crippen molar-refractivity contribution in [3.05, 3.63) is 54.3 Å². The Labute approximate surface area is 146 Å². The number of para-hydroxylation sites is 1. The molecule has 0 aliphatic rings. The Morgan fingerprint density at radius 3 is 3.00 bits per heavy atom. The highest BCUT2D eigenvalue weighted by Gasteiger charge is 2.14. The summed E-state index contributed by atoms with van der Waals surface area (Å²) < 4.78 is 21.1. The molecule has 3 aromatic heterocycles. The molecule has 8 heteroatoms. The molecule has 0 atom stereocenters. The molecular formula is C17H13FN4O2S. The largest absolute Gasteiger partial charge is 0.460 e. The van der Waals surface area contributed by atoms with Crippen LogP contribution in [0.3, 0.4) is 0 Å². The van der Waals surface area contributed by atoms with Gasteiger partial charge in [0, 0.05) is 12.1 Å². The van der Waals surface area contributed by atoms with Crippen molar-refractivity contribution in [2.24, 2.45) is 0 Å². The second-order valence-corrected chi connectivity index (χ2v) is 6.42. The Balaban J connectivity index is 1.54. The maximum Gasteiger partial charge on any atom is 0.234 e. The van der Waals surface area contributed by atoms with E-state index in [0.717, 1.165) is 22.4 Å². The number of carbonyl (C=O) groups is 1. The molecule has 6 nitrogen and oxygen atoms in total. The van der Waals surface area contributed by atoms with E-state index in [1.807, 2.05) is 23.5 Å². The minimum Gasteiger partial charge on any atom is -0.460 e. The zero-order valence-electron chi connectivity index (χ0n) is 13.2. The van der Waals surface area contributed by atoms with Crippen molar-refractivity contribution in [2.75, 3.05) is 11.1 Å². The summed E-state index contributed by atoms with van der Waals surface area (Å²) in [5.41, 5.74) is 2.62. The normalized spacial score (nSPS) is 11.3. The highest BCUT2D eigenvalue weighted by Crippen LogP contribution is 2.28. The molecule has 0 aliphatic heterocycles. The van der Waals surface area contributed by atoms with Crippen LogP contribution in [-0.2, 0) is 4.79 Å². The molecule has 0 aliphatic carbocycles. The summed E-state index contributed by atoms with van der Waals surface area (Å²) in [4.78, 5) is 12.1. The van der Waals surface area contributed by atoms with E-state index in [1.54, 1.807) is 18.5 Å². The van der Waals surface area contributed by atoms with Crippen LogP contribution in [0.5, 0.6) is 0 Å². The molecule has 0 radical (unpaired) electrons. The predicted molar refractivity (Wildman–Crippen MR) is 93.2 cm³/mol. The van der Waals surface area contributed by atoms with Gasteiger partial charge < -0.3 is 9.73 Å². The lowest BCUT2D eigenvalue weighted by molar-refractivity contribution is -0.113. The summed E-state index contributed by atoms with van der Waals surface area (Å²) >= 11 is 1.24. The quantitative estimate of drug-likeness (QED) is 0.565. The number of aryl methyl sites for hydroxylation is 1. The van der Waals surface area contributed by atoms with Gasteiger partial charge in [-0.1, -0.05) is 23.9 Å². The van der Waals surface area contributed by atoms with E-state index in [9.17, 15) is 9.18 Å². The first-order valence-electron chi connectivity index (χ1n) is 7.52. The van der Waals surface area contributed by atoms with Gasteiger partial charge in [-0.25, -0.2) is 4.39 Å². The van der Waals surface area contributed by atoms with Crippen molar-refractivity contribution in [3.63, 3.8) is 0 Å². The zero-order valence-corrected chi connectivity index (χ0v) is 14.0. The SMILES string of the molecule is Cc1cc2c(cc3c(SCC(=O)Nc4ccccc4F)nncn32)o1. The lowest BCUT2D eigenvalue weighted by Gasteiger charge is -2.06. The van der Waals surface area contributed by atoms with Gasteiger partial charge >= 0.3 is 0 Å². The molecule has 1 amide bonds. The average Bonchev–Trinajstić information content (AvgIpc) is 3.11. The number of rotatable bonds is 4. The van der Waals surface area contributed by atoms with Crippen LogP contribution in [0.2, 0.25) is 0 Å². The van der Waals surface area contributed by atoms with Crippen LogP contribution in [0.25, 0.3) is 16.6 Å². The van der Waals surface area contributed by atoms with Gasteiger partial charge in [0.05, 0.1) is 22.5 Å². The molecule has 0 saturated heterocycles. The van der Waals surface area contributed by atoms with Gasteiger partial charge in [-0.05, 0) is 19.1 Å². The van der Waals surface area contributed by atoms with Gasteiger partial charge in [0.15, 0.2) is 5.58 Å². The number of hydrogen-bond acceptors (Lipinski definition) is 5. The highest BCUT2D eigenvalue weighted by atomic mass is 32.2.